The van der Waals surface area contributed by atoms with Gasteiger partial charge in [-0.2, -0.15) is 0 Å². The summed E-state index contributed by atoms with van der Waals surface area (Å²) in [4.78, 5) is 24.4. The number of ether oxygens (including phenoxy) is 1. The number of thiazole rings is 1. The highest BCUT2D eigenvalue weighted by Crippen LogP contribution is 2.22. The van der Waals surface area contributed by atoms with Crippen LogP contribution in [0.5, 0.6) is 5.75 Å². The normalized spacial score (nSPS) is 13.2. The zero-order chi connectivity index (χ0) is 19.6. The van der Waals surface area contributed by atoms with Crippen LogP contribution in [0.25, 0.3) is 12.2 Å². The van der Waals surface area contributed by atoms with Gasteiger partial charge in [0, 0.05) is 13.1 Å². The van der Waals surface area contributed by atoms with Gasteiger partial charge in [0.25, 0.3) is 5.56 Å². The van der Waals surface area contributed by atoms with Crippen LogP contribution in [0.4, 0.5) is 13.2 Å². The molecule has 0 amide bonds. The monoisotopic (exact) mass is 395 g/mol. The van der Waals surface area contributed by atoms with Gasteiger partial charge in [-0.05, 0) is 35.9 Å². The number of Topliss-reactive ketones (excluding diaryl/α,β-unsaturated/α-hetero) is 1. The molecule has 0 atom stereocenters. The molecular weight excluding hydrogens is 383 g/mol. The predicted octanol–water partition coefficient (Wildman–Crippen LogP) is 2.43. The zero-order valence-electron chi connectivity index (χ0n) is 13.8. The Labute approximate surface area is 154 Å². The number of rotatable bonds is 4. The first-order valence-electron chi connectivity index (χ1n) is 7.56. The first kappa shape index (κ1) is 18.7. The molecule has 27 heavy (non-hydrogen) atoms. The highest BCUT2D eigenvalue weighted by molar-refractivity contribution is 7.07. The summed E-state index contributed by atoms with van der Waals surface area (Å²) in [7, 11) is 1.53. The lowest BCUT2D eigenvalue weighted by molar-refractivity contribution is -0.274. The average molecular weight is 395 g/mol. The summed E-state index contributed by atoms with van der Waals surface area (Å²) in [6, 6.07) is 8.22. The molecule has 0 N–H and O–H groups in total. The lowest BCUT2D eigenvalue weighted by Crippen LogP contribution is -2.29. The van der Waals surface area contributed by atoms with Crippen molar-refractivity contribution in [3.63, 3.8) is 0 Å². The minimum atomic E-state index is -4.76. The molecule has 9 heteroatoms. The van der Waals surface area contributed by atoms with Crippen molar-refractivity contribution < 1.29 is 27.1 Å². The molecule has 3 aromatic rings. The fraction of sp³-hybridized carbons (Fsp3) is 0.111. The molecule has 3 rings (SSSR count). The maximum absolute atomic E-state index is 12.3. The largest absolute Gasteiger partial charge is 0.573 e. The molecule has 5 nitrogen and oxygen atoms in total. The Kier molecular flexibility index (Phi) is 5.04. The SMILES string of the molecule is Cn1c(=O)/c(=C/c2ccc(OC(F)(F)F)cc2)s/c1=C\C(=O)c1ccco1. The molecule has 0 aliphatic carbocycles. The van der Waals surface area contributed by atoms with Crippen LogP contribution in [0.15, 0.2) is 51.9 Å². The van der Waals surface area contributed by atoms with E-state index in [0.29, 0.717) is 14.8 Å². The second-order valence-corrected chi connectivity index (χ2v) is 6.48. The first-order valence-corrected chi connectivity index (χ1v) is 8.37. The van der Waals surface area contributed by atoms with Gasteiger partial charge in [0.15, 0.2) is 5.76 Å². The van der Waals surface area contributed by atoms with Gasteiger partial charge in [-0.1, -0.05) is 12.1 Å². The third-order valence-electron chi connectivity index (χ3n) is 3.49. The Hall–Kier alpha value is -3.07. The van der Waals surface area contributed by atoms with Crippen LogP contribution in [0.2, 0.25) is 0 Å². The second kappa shape index (κ2) is 7.28. The number of benzene rings is 1. The van der Waals surface area contributed by atoms with E-state index in [9.17, 15) is 22.8 Å². The summed E-state index contributed by atoms with van der Waals surface area (Å²) >= 11 is 1.09. The fourth-order valence-corrected chi connectivity index (χ4v) is 3.26. The van der Waals surface area contributed by atoms with E-state index in [0.717, 1.165) is 23.5 Å². The van der Waals surface area contributed by atoms with Crippen LogP contribution in [-0.2, 0) is 7.05 Å². The summed E-state index contributed by atoms with van der Waals surface area (Å²) in [6.45, 7) is 0. The Balaban J connectivity index is 1.94. The molecule has 0 radical (unpaired) electrons. The van der Waals surface area contributed by atoms with E-state index in [2.05, 4.69) is 4.74 Å². The van der Waals surface area contributed by atoms with Crippen LogP contribution in [-0.4, -0.2) is 16.7 Å². The van der Waals surface area contributed by atoms with Crippen molar-refractivity contribution in [1.29, 1.82) is 0 Å². The maximum atomic E-state index is 12.3. The number of ketones is 1. The number of furan rings is 1. The van der Waals surface area contributed by atoms with Crippen molar-refractivity contribution >= 4 is 29.3 Å². The molecule has 140 valence electrons. The third-order valence-corrected chi connectivity index (χ3v) is 4.60. The summed E-state index contributed by atoms with van der Waals surface area (Å²) < 4.78 is 47.5. The molecule has 0 fully saturated rings. The lowest BCUT2D eigenvalue weighted by atomic mass is 10.2. The average Bonchev–Trinajstić information content (AvgIpc) is 3.21. The number of hydrogen-bond donors (Lipinski definition) is 0. The van der Waals surface area contributed by atoms with Crippen LogP contribution in [0.3, 0.4) is 0 Å². The summed E-state index contributed by atoms with van der Waals surface area (Å²) in [5, 5.41) is 0. The Morgan fingerprint density at radius 3 is 2.52 bits per heavy atom. The van der Waals surface area contributed by atoms with Gasteiger partial charge in [0.05, 0.1) is 10.8 Å². The highest BCUT2D eigenvalue weighted by Gasteiger charge is 2.30. The van der Waals surface area contributed by atoms with E-state index in [-0.39, 0.29) is 22.9 Å². The molecular formula is C18H12F3NO4S. The lowest BCUT2D eigenvalue weighted by Gasteiger charge is -2.08. The van der Waals surface area contributed by atoms with Crippen molar-refractivity contribution in [3.05, 3.63) is 73.5 Å². The Bertz CT molecular complexity index is 1120. The quantitative estimate of drug-likeness (QED) is 0.637. The third kappa shape index (κ3) is 4.56. The van der Waals surface area contributed by atoms with E-state index >= 15 is 0 Å². The topological polar surface area (TPSA) is 61.4 Å². The van der Waals surface area contributed by atoms with Gasteiger partial charge >= 0.3 is 6.36 Å². The minimum absolute atomic E-state index is 0.154. The standard InChI is InChI=1S/C18H12F3NO4S/c1-22-16(10-13(23)14-3-2-8-25-14)27-15(17(22)24)9-11-4-6-12(7-5-11)26-18(19,20)21/h2-10H,1H3/b15-9-,16-10-. The Morgan fingerprint density at radius 2 is 1.93 bits per heavy atom. The van der Waals surface area contributed by atoms with E-state index in [1.165, 1.54) is 48.2 Å². The molecule has 0 saturated carbocycles. The minimum Gasteiger partial charge on any atom is -0.461 e. The van der Waals surface area contributed by atoms with Crippen LogP contribution in [0.1, 0.15) is 16.1 Å². The number of hydrogen-bond acceptors (Lipinski definition) is 5. The number of aromatic nitrogens is 1. The Morgan fingerprint density at radius 1 is 1.22 bits per heavy atom. The predicted molar refractivity (Wildman–Crippen MR) is 93.0 cm³/mol. The molecule has 0 spiro atoms. The summed E-state index contributed by atoms with van der Waals surface area (Å²) in [6.07, 6.45) is -0.568. The summed E-state index contributed by atoms with van der Waals surface area (Å²) in [5.41, 5.74) is 0.196. The van der Waals surface area contributed by atoms with Gasteiger partial charge in [0.2, 0.25) is 5.78 Å². The molecule has 1 aromatic carbocycles. The van der Waals surface area contributed by atoms with Crippen molar-refractivity contribution in [3.8, 4) is 5.75 Å². The van der Waals surface area contributed by atoms with Crippen molar-refractivity contribution in [2.45, 2.75) is 6.36 Å². The van der Waals surface area contributed by atoms with Crippen molar-refractivity contribution in [2.75, 3.05) is 0 Å². The van der Waals surface area contributed by atoms with Gasteiger partial charge in [-0.25, -0.2) is 0 Å². The molecule has 0 aliphatic heterocycles. The molecule has 0 unspecified atom stereocenters. The first-order chi connectivity index (χ1) is 12.7. The van der Waals surface area contributed by atoms with Crippen molar-refractivity contribution in [2.24, 2.45) is 7.05 Å². The van der Waals surface area contributed by atoms with E-state index < -0.39 is 6.36 Å². The summed E-state index contributed by atoms with van der Waals surface area (Å²) in [5.74, 6) is -0.574. The van der Waals surface area contributed by atoms with Crippen LogP contribution in [0, 0.1) is 0 Å². The van der Waals surface area contributed by atoms with Crippen LogP contribution < -0.4 is 19.5 Å². The molecule has 0 saturated heterocycles. The smallest absolute Gasteiger partial charge is 0.461 e. The number of halogens is 3. The number of nitrogens with zero attached hydrogens (tertiary/aromatic N) is 1. The van der Waals surface area contributed by atoms with Gasteiger partial charge in [-0.3, -0.25) is 9.59 Å². The molecule has 2 aromatic heterocycles. The van der Waals surface area contributed by atoms with Gasteiger partial charge in [-0.15, -0.1) is 24.5 Å². The maximum Gasteiger partial charge on any atom is 0.573 e. The molecule has 0 aliphatic rings. The van der Waals surface area contributed by atoms with E-state index in [1.807, 2.05) is 0 Å². The number of alkyl halides is 3. The van der Waals surface area contributed by atoms with Crippen LogP contribution >= 0.6 is 11.3 Å². The number of carbonyl (C=O) groups excluding carboxylic acids is 1. The molecule has 2 heterocycles. The van der Waals surface area contributed by atoms with E-state index in [1.54, 1.807) is 6.07 Å². The number of carbonyl (C=O) groups is 1. The fourth-order valence-electron chi connectivity index (χ4n) is 2.23. The molecule has 0 bridgehead atoms. The van der Waals surface area contributed by atoms with Gasteiger partial charge in [0.1, 0.15) is 10.4 Å². The van der Waals surface area contributed by atoms with E-state index in [4.69, 9.17) is 4.42 Å². The van der Waals surface area contributed by atoms with Crippen molar-refractivity contribution in [1.82, 2.24) is 4.57 Å². The zero-order valence-corrected chi connectivity index (χ0v) is 14.6. The van der Waals surface area contributed by atoms with Gasteiger partial charge < -0.3 is 13.7 Å². The second-order valence-electron chi connectivity index (χ2n) is 5.42. The highest BCUT2D eigenvalue weighted by atomic mass is 32.1.